The molecule has 0 aliphatic carbocycles. The van der Waals surface area contributed by atoms with Crippen LogP contribution in [0.3, 0.4) is 0 Å². The van der Waals surface area contributed by atoms with Crippen LogP contribution in [0.15, 0.2) is 164 Å². The van der Waals surface area contributed by atoms with Crippen LogP contribution in [0.2, 0.25) is 0 Å². The third-order valence-electron chi connectivity index (χ3n) is 10.1. The number of hydrogen-bond acceptors (Lipinski definition) is 3. The van der Waals surface area contributed by atoms with E-state index in [9.17, 15) is 0 Å². The van der Waals surface area contributed by atoms with Gasteiger partial charge in [0.25, 0.3) is 20.1 Å². The first-order chi connectivity index (χ1) is 23.8. The zero-order valence-electron chi connectivity index (χ0n) is 26.0. The molecule has 7 aromatic carbocycles. The Morgan fingerprint density at radius 2 is 0.521 bits per heavy atom. The maximum atomic E-state index is 7.13. The monoisotopic (exact) mass is 612 g/mol. The molecule has 0 atom stereocenters. The molecule has 3 nitrogen and oxygen atoms in total. The van der Waals surface area contributed by atoms with E-state index in [1.165, 1.54) is 16.4 Å². The molecule has 0 spiro atoms. The minimum absolute atomic E-state index is 0.125. The maximum absolute atomic E-state index is 7.13. The smallest absolute Gasteiger partial charge is 0.255 e. The van der Waals surface area contributed by atoms with E-state index in [0.717, 1.165) is 67.3 Å². The summed E-state index contributed by atoms with van der Waals surface area (Å²) in [5.41, 5.74) is 10.0. The molecule has 3 heterocycles. The van der Waals surface area contributed by atoms with Gasteiger partial charge in [0.05, 0.1) is 0 Å². The third-order valence-corrected chi connectivity index (χ3v) is 10.1. The molecule has 10 rings (SSSR count). The number of hydrogen-bond donors (Lipinski definition) is 0. The number of ether oxygens (including phenoxy) is 3. The van der Waals surface area contributed by atoms with Crippen molar-refractivity contribution in [3.05, 3.63) is 164 Å². The summed E-state index contributed by atoms with van der Waals surface area (Å²) in [4.78, 5) is 0. The van der Waals surface area contributed by atoms with E-state index < -0.39 is 0 Å². The summed E-state index contributed by atoms with van der Waals surface area (Å²) in [7, 11) is 0. The molecular formula is C42H27B3O3. The Labute approximate surface area is 281 Å². The lowest BCUT2D eigenvalue weighted by Crippen LogP contribution is -2.65. The van der Waals surface area contributed by atoms with Gasteiger partial charge in [0.15, 0.2) is 0 Å². The number of para-hydroxylation sites is 3. The van der Waals surface area contributed by atoms with E-state index in [-0.39, 0.29) is 20.1 Å². The van der Waals surface area contributed by atoms with Crippen molar-refractivity contribution in [2.24, 2.45) is 0 Å². The summed E-state index contributed by atoms with van der Waals surface area (Å²) in [5.74, 6) is 4.98. The van der Waals surface area contributed by atoms with E-state index >= 15 is 0 Å². The Balaban J connectivity index is 1.38. The standard InChI is InChI=1S/C42H27B3O3/c1-4-16-28(17-5-1)43-31-22-10-13-25-34(31)46-40-37(43)41-39(44(29-18-6-2-7-19-29)32-23-11-14-26-35(32)47-41)42-38(40)45(30-20-8-3-9-21-30)33-24-12-15-27-36(33)48-42/h1-27H. The van der Waals surface area contributed by atoms with Crippen molar-refractivity contribution in [1.29, 1.82) is 0 Å². The average molecular weight is 612 g/mol. The van der Waals surface area contributed by atoms with E-state index in [0.29, 0.717) is 0 Å². The predicted molar refractivity (Wildman–Crippen MR) is 199 cm³/mol. The summed E-state index contributed by atoms with van der Waals surface area (Å²) in [6.45, 7) is -0.374. The van der Waals surface area contributed by atoms with Crippen molar-refractivity contribution < 1.29 is 14.2 Å². The summed E-state index contributed by atoms with van der Waals surface area (Å²) in [6, 6.07) is 57.5. The van der Waals surface area contributed by atoms with E-state index in [4.69, 9.17) is 14.2 Å². The highest BCUT2D eigenvalue weighted by Crippen LogP contribution is 2.38. The van der Waals surface area contributed by atoms with Crippen LogP contribution in [0.25, 0.3) is 0 Å². The Morgan fingerprint density at radius 3 is 0.812 bits per heavy atom. The fraction of sp³-hybridized carbons (Fsp3) is 0. The second-order valence-corrected chi connectivity index (χ2v) is 12.7. The topological polar surface area (TPSA) is 27.7 Å². The molecular weight excluding hydrogens is 585 g/mol. The highest BCUT2D eigenvalue weighted by Gasteiger charge is 2.48. The quantitative estimate of drug-likeness (QED) is 0.286. The van der Waals surface area contributed by atoms with Crippen LogP contribution in [0.4, 0.5) is 0 Å². The van der Waals surface area contributed by atoms with Gasteiger partial charge >= 0.3 is 0 Å². The average Bonchev–Trinajstić information content (AvgIpc) is 3.16. The fourth-order valence-corrected chi connectivity index (χ4v) is 8.07. The van der Waals surface area contributed by atoms with Crippen molar-refractivity contribution >= 4 is 69.3 Å². The molecule has 0 N–H and O–H groups in total. The molecule has 0 saturated heterocycles. The Hall–Kier alpha value is -5.87. The van der Waals surface area contributed by atoms with Gasteiger partial charge in [0, 0.05) is 16.4 Å². The summed E-state index contributed by atoms with van der Waals surface area (Å²) in [6.07, 6.45) is 0. The predicted octanol–water partition coefficient (Wildman–Crippen LogP) is 3.55. The zero-order chi connectivity index (χ0) is 31.6. The summed E-state index contributed by atoms with van der Waals surface area (Å²) >= 11 is 0. The third kappa shape index (κ3) is 4.05. The largest absolute Gasteiger partial charge is 0.459 e. The highest BCUT2D eigenvalue weighted by atomic mass is 16.5. The van der Waals surface area contributed by atoms with Crippen LogP contribution in [-0.4, -0.2) is 20.1 Å². The summed E-state index contributed by atoms with van der Waals surface area (Å²) in [5, 5.41) is 0. The van der Waals surface area contributed by atoms with Crippen LogP contribution in [0.1, 0.15) is 0 Å². The lowest BCUT2D eigenvalue weighted by molar-refractivity contribution is 0.453. The molecule has 7 aromatic rings. The minimum Gasteiger partial charge on any atom is -0.459 e. The maximum Gasteiger partial charge on any atom is 0.255 e. The molecule has 0 radical (unpaired) electrons. The Morgan fingerprint density at radius 1 is 0.271 bits per heavy atom. The molecule has 0 saturated carbocycles. The van der Waals surface area contributed by atoms with Gasteiger partial charge in [-0.3, -0.25) is 0 Å². The molecule has 222 valence electrons. The van der Waals surface area contributed by atoms with Crippen molar-refractivity contribution in [3.8, 4) is 34.5 Å². The van der Waals surface area contributed by atoms with Crippen LogP contribution in [0, 0.1) is 0 Å². The fourth-order valence-electron chi connectivity index (χ4n) is 8.07. The molecule has 0 amide bonds. The number of benzene rings is 7. The van der Waals surface area contributed by atoms with Gasteiger partial charge < -0.3 is 14.2 Å². The lowest BCUT2D eigenvalue weighted by Gasteiger charge is -2.39. The minimum atomic E-state index is -0.125. The molecule has 48 heavy (non-hydrogen) atoms. The zero-order valence-corrected chi connectivity index (χ0v) is 26.0. The number of fused-ring (bicyclic) bond motifs is 9. The summed E-state index contributed by atoms with van der Waals surface area (Å²) < 4.78 is 21.4. The second kappa shape index (κ2) is 10.9. The SMILES string of the molecule is c1ccc(B2c3ccccc3Oc3c2c2c(c4c3B(c3ccccc3)c3ccccc3O4)B(c3ccccc3)c3ccccc3O2)cc1. The molecule has 0 unspecified atom stereocenters. The van der Waals surface area contributed by atoms with Crippen molar-refractivity contribution in [3.63, 3.8) is 0 Å². The van der Waals surface area contributed by atoms with Gasteiger partial charge in [-0.15, -0.1) is 0 Å². The van der Waals surface area contributed by atoms with Crippen LogP contribution < -0.4 is 63.4 Å². The molecule has 3 aliphatic rings. The van der Waals surface area contributed by atoms with E-state index in [2.05, 4.69) is 164 Å². The van der Waals surface area contributed by atoms with Gasteiger partial charge in [0.2, 0.25) is 0 Å². The van der Waals surface area contributed by atoms with Gasteiger partial charge in [-0.1, -0.05) is 162 Å². The Kier molecular flexibility index (Phi) is 6.17. The highest BCUT2D eigenvalue weighted by molar-refractivity contribution is 7.04. The van der Waals surface area contributed by atoms with Crippen molar-refractivity contribution in [1.82, 2.24) is 0 Å². The van der Waals surface area contributed by atoms with E-state index in [1.54, 1.807) is 0 Å². The van der Waals surface area contributed by atoms with Gasteiger partial charge in [0.1, 0.15) is 34.5 Å². The van der Waals surface area contributed by atoms with Gasteiger partial charge in [-0.25, -0.2) is 0 Å². The van der Waals surface area contributed by atoms with E-state index in [1.807, 2.05) is 0 Å². The molecule has 0 aromatic heterocycles. The molecule has 0 bridgehead atoms. The first-order valence-electron chi connectivity index (χ1n) is 16.5. The first-order valence-corrected chi connectivity index (χ1v) is 16.5. The van der Waals surface area contributed by atoms with Crippen molar-refractivity contribution in [2.45, 2.75) is 0 Å². The molecule has 6 heteroatoms. The second-order valence-electron chi connectivity index (χ2n) is 12.7. The number of rotatable bonds is 3. The first kappa shape index (κ1) is 27.3. The van der Waals surface area contributed by atoms with Gasteiger partial charge in [-0.2, -0.15) is 0 Å². The molecule has 0 fully saturated rings. The van der Waals surface area contributed by atoms with Crippen LogP contribution in [0.5, 0.6) is 34.5 Å². The Bertz CT molecular complexity index is 2060. The van der Waals surface area contributed by atoms with Crippen LogP contribution in [-0.2, 0) is 0 Å². The normalized spacial score (nSPS) is 13.4. The molecule has 3 aliphatic heterocycles. The van der Waals surface area contributed by atoms with Crippen molar-refractivity contribution in [2.75, 3.05) is 0 Å². The van der Waals surface area contributed by atoms with Gasteiger partial charge in [-0.05, 0) is 34.6 Å². The lowest BCUT2D eigenvalue weighted by atomic mass is 9.28. The van der Waals surface area contributed by atoms with Crippen LogP contribution >= 0.6 is 0 Å².